The predicted molar refractivity (Wildman–Crippen MR) is 241 cm³/mol. The SMILES string of the molecule is CC1(C)c2ccccc2-c2cc(-c3ccccc3-c3ccccc3)c(N(c3ccc(C4CC5CCC4C5)cc3)c3cc4ccccc4cc3C3CCCCC3)cc21. The highest BCUT2D eigenvalue weighted by molar-refractivity contribution is 6.00. The summed E-state index contributed by atoms with van der Waals surface area (Å²) < 4.78 is 0. The molecule has 0 aromatic heterocycles. The van der Waals surface area contributed by atoms with E-state index in [1.165, 1.54) is 141 Å². The zero-order chi connectivity index (χ0) is 38.1. The number of fused-ring (bicyclic) bond motifs is 6. The number of nitrogens with zero attached hydrogens (tertiary/aromatic N) is 1. The van der Waals surface area contributed by atoms with Gasteiger partial charge in [0, 0.05) is 16.7 Å². The average molecular weight is 740 g/mol. The second kappa shape index (κ2) is 13.9. The summed E-state index contributed by atoms with van der Waals surface area (Å²) in [6.45, 7) is 4.86. The van der Waals surface area contributed by atoms with Crippen molar-refractivity contribution >= 4 is 27.8 Å². The number of benzene rings is 7. The topological polar surface area (TPSA) is 3.24 Å². The van der Waals surface area contributed by atoms with Crippen molar-refractivity contribution in [1.82, 2.24) is 0 Å². The molecule has 0 saturated heterocycles. The van der Waals surface area contributed by atoms with Gasteiger partial charge in [0.05, 0.1) is 11.4 Å². The Labute approximate surface area is 339 Å². The number of rotatable bonds is 7. The van der Waals surface area contributed by atoms with Crippen LogP contribution in [0.2, 0.25) is 0 Å². The van der Waals surface area contributed by atoms with Gasteiger partial charge in [0.25, 0.3) is 0 Å². The molecule has 3 atom stereocenters. The molecule has 0 spiro atoms. The minimum Gasteiger partial charge on any atom is -0.310 e. The molecule has 0 radical (unpaired) electrons. The highest BCUT2D eigenvalue weighted by Crippen LogP contribution is 2.56. The monoisotopic (exact) mass is 739 g/mol. The van der Waals surface area contributed by atoms with E-state index in [1.807, 2.05) is 0 Å². The summed E-state index contributed by atoms with van der Waals surface area (Å²) in [6.07, 6.45) is 12.1. The van der Waals surface area contributed by atoms with E-state index in [2.05, 4.69) is 170 Å². The molecule has 0 heterocycles. The van der Waals surface area contributed by atoms with Crippen LogP contribution in [0.4, 0.5) is 17.1 Å². The summed E-state index contributed by atoms with van der Waals surface area (Å²) in [5.41, 5.74) is 17.3. The van der Waals surface area contributed by atoms with Crippen molar-refractivity contribution in [1.29, 1.82) is 0 Å². The van der Waals surface area contributed by atoms with Crippen molar-refractivity contribution in [2.75, 3.05) is 4.90 Å². The van der Waals surface area contributed by atoms with Gasteiger partial charge >= 0.3 is 0 Å². The number of hydrogen-bond acceptors (Lipinski definition) is 1. The van der Waals surface area contributed by atoms with E-state index in [0.29, 0.717) is 11.8 Å². The van der Waals surface area contributed by atoms with Crippen molar-refractivity contribution in [3.05, 3.63) is 174 Å². The smallest absolute Gasteiger partial charge is 0.0543 e. The molecule has 4 aliphatic carbocycles. The van der Waals surface area contributed by atoms with E-state index in [1.54, 1.807) is 0 Å². The fourth-order valence-electron chi connectivity index (χ4n) is 11.8. The van der Waals surface area contributed by atoms with Crippen LogP contribution >= 0.6 is 0 Å². The molecule has 3 fully saturated rings. The van der Waals surface area contributed by atoms with Crippen LogP contribution in [0.25, 0.3) is 44.2 Å². The van der Waals surface area contributed by atoms with Gasteiger partial charge in [-0.05, 0) is 153 Å². The Balaban J connectivity index is 1.20. The lowest BCUT2D eigenvalue weighted by molar-refractivity contribution is 0.420. The van der Waals surface area contributed by atoms with E-state index < -0.39 is 0 Å². The first kappa shape index (κ1) is 34.8. The van der Waals surface area contributed by atoms with E-state index in [-0.39, 0.29) is 5.41 Å². The Hall–Kier alpha value is -5.40. The minimum atomic E-state index is -0.134. The zero-order valence-electron chi connectivity index (χ0n) is 33.6. The largest absolute Gasteiger partial charge is 0.310 e. The van der Waals surface area contributed by atoms with Crippen LogP contribution in [-0.2, 0) is 5.41 Å². The second-order valence-electron chi connectivity index (χ2n) is 18.3. The normalized spacial score (nSPS) is 20.8. The second-order valence-corrected chi connectivity index (χ2v) is 18.3. The highest BCUT2D eigenvalue weighted by Gasteiger charge is 2.41. The molecule has 7 aromatic carbocycles. The molecule has 3 unspecified atom stereocenters. The summed E-state index contributed by atoms with van der Waals surface area (Å²) in [4.78, 5) is 2.69. The van der Waals surface area contributed by atoms with Crippen LogP contribution < -0.4 is 4.90 Å². The molecule has 0 aliphatic heterocycles. The van der Waals surface area contributed by atoms with Crippen molar-refractivity contribution < 1.29 is 0 Å². The third kappa shape index (κ3) is 5.88. The van der Waals surface area contributed by atoms with E-state index in [4.69, 9.17) is 0 Å². The lowest BCUT2D eigenvalue weighted by Gasteiger charge is -2.35. The van der Waals surface area contributed by atoms with Crippen LogP contribution in [0.3, 0.4) is 0 Å². The van der Waals surface area contributed by atoms with Gasteiger partial charge in [-0.15, -0.1) is 0 Å². The standard InChI is InChI=1S/C56H53N/c1-56(2)52-24-14-13-23-47(52)50-35-51(46-22-12-11-21-45(46)38-15-5-3-6-16-38)55(36-53(50)56)57(44-29-27-40(28-30-44)48-32-37-25-26-43(48)31-37)54-34-42-20-10-9-19-41(42)33-49(54)39-17-7-4-8-18-39/h3,5-6,9-16,19-24,27-30,33-37,39,43,48H,4,7-8,17-18,25-26,31-32H2,1-2H3. The molecular weight excluding hydrogens is 687 g/mol. The van der Waals surface area contributed by atoms with Crippen molar-refractivity contribution in [3.8, 4) is 33.4 Å². The summed E-state index contributed by atoms with van der Waals surface area (Å²) in [6, 6.07) is 58.4. The van der Waals surface area contributed by atoms with Crippen LogP contribution in [0, 0.1) is 11.8 Å². The molecule has 1 nitrogen and oxygen atoms in total. The summed E-state index contributed by atoms with van der Waals surface area (Å²) in [5.74, 6) is 3.02. The molecule has 2 bridgehead atoms. The lowest BCUT2D eigenvalue weighted by Crippen LogP contribution is -2.19. The van der Waals surface area contributed by atoms with Crippen molar-refractivity contribution in [2.24, 2.45) is 11.8 Å². The highest BCUT2D eigenvalue weighted by atomic mass is 15.1. The lowest BCUT2D eigenvalue weighted by atomic mass is 9.80. The fourth-order valence-corrected chi connectivity index (χ4v) is 11.8. The summed E-state index contributed by atoms with van der Waals surface area (Å²) in [7, 11) is 0. The maximum atomic E-state index is 2.69. The third-order valence-corrected chi connectivity index (χ3v) is 14.7. The van der Waals surface area contributed by atoms with Gasteiger partial charge in [0.1, 0.15) is 0 Å². The molecule has 0 N–H and O–H groups in total. The molecule has 7 aromatic rings. The first-order chi connectivity index (χ1) is 28.0. The fraction of sp³-hybridized carbons (Fsp3) is 0.286. The first-order valence-electron chi connectivity index (χ1n) is 21.9. The van der Waals surface area contributed by atoms with Gasteiger partial charge in [0.15, 0.2) is 0 Å². The molecule has 3 saturated carbocycles. The molecule has 4 aliphatic rings. The predicted octanol–water partition coefficient (Wildman–Crippen LogP) is 15.9. The molecular formula is C56H53N. The van der Waals surface area contributed by atoms with Gasteiger partial charge in [-0.2, -0.15) is 0 Å². The molecule has 11 rings (SSSR count). The van der Waals surface area contributed by atoms with Crippen molar-refractivity contribution in [2.45, 2.75) is 88.9 Å². The Bertz CT molecular complexity index is 2610. The number of hydrogen-bond donors (Lipinski definition) is 0. The molecule has 0 amide bonds. The zero-order valence-corrected chi connectivity index (χ0v) is 33.6. The van der Waals surface area contributed by atoms with Crippen molar-refractivity contribution in [3.63, 3.8) is 0 Å². The molecule has 1 heteroatoms. The third-order valence-electron chi connectivity index (χ3n) is 14.7. The van der Waals surface area contributed by atoms with E-state index >= 15 is 0 Å². The number of anilines is 3. The maximum absolute atomic E-state index is 2.69. The van der Waals surface area contributed by atoms with Gasteiger partial charge in [-0.1, -0.05) is 155 Å². The van der Waals surface area contributed by atoms with Gasteiger partial charge < -0.3 is 4.90 Å². The maximum Gasteiger partial charge on any atom is 0.0543 e. The van der Waals surface area contributed by atoms with E-state index in [9.17, 15) is 0 Å². The van der Waals surface area contributed by atoms with Gasteiger partial charge in [-0.25, -0.2) is 0 Å². The summed E-state index contributed by atoms with van der Waals surface area (Å²) in [5, 5.41) is 2.64. The Kier molecular flexibility index (Phi) is 8.50. The van der Waals surface area contributed by atoms with Gasteiger partial charge in [0.2, 0.25) is 0 Å². The Morgan fingerprint density at radius 1 is 0.491 bits per heavy atom. The van der Waals surface area contributed by atoms with Crippen LogP contribution in [0.5, 0.6) is 0 Å². The van der Waals surface area contributed by atoms with Gasteiger partial charge in [-0.3, -0.25) is 0 Å². The average Bonchev–Trinajstić information content (AvgIpc) is 3.97. The summed E-state index contributed by atoms with van der Waals surface area (Å²) >= 11 is 0. The Morgan fingerprint density at radius 3 is 1.91 bits per heavy atom. The first-order valence-corrected chi connectivity index (χ1v) is 21.9. The Morgan fingerprint density at radius 2 is 1.18 bits per heavy atom. The van der Waals surface area contributed by atoms with E-state index in [0.717, 1.165) is 11.8 Å². The van der Waals surface area contributed by atoms with Crippen LogP contribution in [-0.4, -0.2) is 0 Å². The minimum absolute atomic E-state index is 0.134. The van der Waals surface area contributed by atoms with Crippen LogP contribution in [0.15, 0.2) is 152 Å². The molecule has 282 valence electrons. The van der Waals surface area contributed by atoms with Crippen LogP contribution in [0.1, 0.15) is 106 Å². The molecule has 57 heavy (non-hydrogen) atoms. The quantitative estimate of drug-likeness (QED) is 0.157.